The molecular formula is C11H19NO3. The molecule has 0 saturated carbocycles. The second kappa shape index (κ2) is 4.49. The summed E-state index contributed by atoms with van der Waals surface area (Å²) in [7, 11) is 0. The number of hydrogen-bond donors (Lipinski definition) is 2. The lowest BCUT2D eigenvalue weighted by atomic mass is 9.94. The van der Waals surface area contributed by atoms with E-state index in [-0.39, 0.29) is 12.1 Å². The molecule has 2 N–H and O–H groups in total. The Morgan fingerprint density at radius 3 is 2.87 bits per heavy atom. The quantitative estimate of drug-likeness (QED) is 0.719. The molecule has 0 aromatic rings. The molecule has 4 nitrogen and oxygen atoms in total. The third kappa shape index (κ3) is 2.32. The van der Waals surface area contributed by atoms with Crippen molar-refractivity contribution in [3.8, 4) is 0 Å². The van der Waals surface area contributed by atoms with Crippen molar-refractivity contribution >= 4 is 5.97 Å². The maximum atomic E-state index is 11.0. The Hall–Kier alpha value is -0.610. The van der Waals surface area contributed by atoms with Gasteiger partial charge in [0.2, 0.25) is 0 Å². The van der Waals surface area contributed by atoms with Gasteiger partial charge in [0.15, 0.2) is 0 Å². The second-order valence-electron chi connectivity index (χ2n) is 4.56. The largest absolute Gasteiger partial charge is 0.480 e. The molecule has 4 heteroatoms. The van der Waals surface area contributed by atoms with E-state index in [0.717, 1.165) is 25.7 Å². The summed E-state index contributed by atoms with van der Waals surface area (Å²) in [6.07, 6.45) is 5.44. The standard InChI is InChI=1S/C11H19NO3/c1-2-3-8(11(13)14)12-9-6-7-4-5-10(9)15-7/h7-10,12H,2-6H2,1H3,(H,13,14). The highest BCUT2D eigenvalue weighted by molar-refractivity contribution is 5.73. The minimum Gasteiger partial charge on any atom is -0.480 e. The van der Waals surface area contributed by atoms with Crippen LogP contribution in [-0.4, -0.2) is 35.4 Å². The lowest BCUT2D eigenvalue weighted by Gasteiger charge is -2.24. The van der Waals surface area contributed by atoms with Crippen molar-refractivity contribution in [1.82, 2.24) is 5.32 Å². The maximum Gasteiger partial charge on any atom is 0.320 e. The van der Waals surface area contributed by atoms with Crippen LogP contribution in [0.3, 0.4) is 0 Å². The number of hydrogen-bond acceptors (Lipinski definition) is 3. The molecule has 2 saturated heterocycles. The Bertz CT molecular complexity index is 244. The predicted molar refractivity (Wildman–Crippen MR) is 55.8 cm³/mol. The summed E-state index contributed by atoms with van der Waals surface area (Å²) in [5, 5.41) is 12.3. The third-order valence-corrected chi connectivity index (χ3v) is 3.40. The maximum absolute atomic E-state index is 11.0. The van der Waals surface area contributed by atoms with Crippen LogP contribution in [0.4, 0.5) is 0 Å². The van der Waals surface area contributed by atoms with Crippen LogP contribution >= 0.6 is 0 Å². The Kier molecular flexibility index (Phi) is 3.26. The number of carboxylic acids is 1. The number of rotatable bonds is 5. The van der Waals surface area contributed by atoms with E-state index < -0.39 is 12.0 Å². The fourth-order valence-corrected chi connectivity index (χ4v) is 2.64. The van der Waals surface area contributed by atoms with Crippen LogP contribution in [0.25, 0.3) is 0 Å². The minimum absolute atomic E-state index is 0.258. The van der Waals surface area contributed by atoms with Crippen LogP contribution in [0, 0.1) is 0 Å². The van der Waals surface area contributed by atoms with Gasteiger partial charge in [-0.1, -0.05) is 13.3 Å². The zero-order chi connectivity index (χ0) is 10.8. The second-order valence-corrected chi connectivity index (χ2v) is 4.56. The van der Waals surface area contributed by atoms with Gasteiger partial charge in [0.1, 0.15) is 6.04 Å². The molecule has 2 rings (SSSR count). The molecule has 2 heterocycles. The van der Waals surface area contributed by atoms with Gasteiger partial charge in [-0.05, 0) is 25.7 Å². The van der Waals surface area contributed by atoms with Crippen LogP contribution in [0.1, 0.15) is 39.0 Å². The highest BCUT2D eigenvalue weighted by atomic mass is 16.5. The molecule has 0 spiro atoms. The van der Waals surface area contributed by atoms with E-state index in [1.54, 1.807) is 0 Å². The summed E-state index contributed by atoms with van der Waals surface area (Å²) in [5.74, 6) is -0.736. The Morgan fingerprint density at radius 1 is 1.60 bits per heavy atom. The van der Waals surface area contributed by atoms with E-state index in [2.05, 4.69) is 5.32 Å². The molecule has 0 radical (unpaired) electrons. The molecular weight excluding hydrogens is 194 g/mol. The molecule has 86 valence electrons. The van der Waals surface area contributed by atoms with Gasteiger partial charge in [-0.25, -0.2) is 0 Å². The number of fused-ring (bicyclic) bond motifs is 2. The van der Waals surface area contributed by atoms with Crippen LogP contribution in [0.15, 0.2) is 0 Å². The highest BCUT2D eigenvalue weighted by Crippen LogP contribution is 2.34. The first-order chi connectivity index (χ1) is 7.20. The fourth-order valence-electron chi connectivity index (χ4n) is 2.64. The van der Waals surface area contributed by atoms with Gasteiger partial charge in [0.25, 0.3) is 0 Å². The summed E-state index contributed by atoms with van der Waals surface area (Å²) in [4.78, 5) is 11.0. The van der Waals surface area contributed by atoms with E-state index in [4.69, 9.17) is 9.84 Å². The van der Waals surface area contributed by atoms with Gasteiger partial charge >= 0.3 is 5.97 Å². The summed E-state index contributed by atoms with van der Waals surface area (Å²) < 4.78 is 5.69. The molecule has 4 atom stereocenters. The highest BCUT2D eigenvalue weighted by Gasteiger charge is 2.41. The summed E-state index contributed by atoms with van der Waals surface area (Å²) in [6, 6.07) is -0.139. The van der Waals surface area contributed by atoms with Crippen LogP contribution in [0.5, 0.6) is 0 Å². The molecule has 0 aromatic heterocycles. The normalized spacial score (nSPS) is 35.7. The van der Waals surface area contributed by atoms with Crippen LogP contribution < -0.4 is 5.32 Å². The van der Waals surface area contributed by atoms with E-state index in [0.29, 0.717) is 12.5 Å². The molecule has 2 bridgehead atoms. The van der Waals surface area contributed by atoms with E-state index in [1.165, 1.54) is 0 Å². The Balaban J connectivity index is 1.86. The number of nitrogens with one attached hydrogen (secondary N) is 1. The Morgan fingerprint density at radius 2 is 2.40 bits per heavy atom. The monoisotopic (exact) mass is 213 g/mol. The molecule has 15 heavy (non-hydrogen) atoms. The summed E-state index contributed by atoms with van der Waals surface area (Å²) in [5.41, 5.74) is 0. The first kappa shape index (κ1) is 10.9. The smallest absolute Gasteiger partial charge is 0.320 e. The first-order valence-corrected chi connectivity index (χ1v) is 5.85. The lowest BCUT2D eigenvalue weighted by molar-refractivity contribution is -0.140. The van der Waals surface area contributed by atoms with Gasteiger partial charge in [0.05, 0.1) is 12.2 Å². The van der Waals surface area contributed by atoms with Crippen molar-refractivity contribution in [1.29, 1.82) is 0 Å². The lowest BCUT2D eigenvalue weighted by Crippen LogP contribution is -2.47. The van der Waals surface area contributed by atoms with Gasteiger partial charge in [-0.3, -0.25) is 10.1 Å². The zero-order valence-electron chi connectivity index (χ0n) is 9.11. The van der Waals surface area contributed by atoms with Crippen molar-refractivity contribution < 1.29 is 14.6 Å². The van der Waals surface area contributed by atoms with Gasteiger partial charge in [-0.15, -0.1) is 0 Å². The molecule has 4 unspecified atom stereocenters. The molecule has 2 aliphatic heterocycles. The number of aliphatic carboxylic acids is 1. The van der Waals surface area contributed by atoms with E-state index >= 15 is 0 Å². The summed E-state index contributed by atoms with van der Waals surface area (Å²) >= 11 is 0. The number of carbonyl (C=O) groups is 1. The summed E-state index contributed by atoms with van der Waals surface area (Å²) in [6.45, 7) is 2.01. The van der Waals surface area contributed by atoms with Crippen molar-refractivity contribution in [3.05, 3.63) is 0 Å². The van der Waals surface area contributed by atoms with E-state index in [9.17, 15) is 4.79 Å². The van der Waals surface area contributed by atoms with Crippen molar-refractivity contribution in [2.75, 3.05) is 0 Å². The van der Waals surface area contributed by atoms with Crippen molar-refractivity contribution in [2.24, 2.45) is 0 Å². The van der Waals surface area contributed by atoms with Crippen molar-refractivity contribution in [3.63, 3.8) is 0 Å². The van der Waals surface area contributed by atoms with Gasteiger partial charge in [0, 0.05) is 6.04 Å². The molecule has 0 aliphatic carbocycles. The fraction of sp³-hybridized carbons (Fsp3) is 0.909. The predicted octanol–water partition coefficient (Wildman–Crippen LogP) is 1.15. The van der Waals surface area contributed by atoms with Gasteiger partial charge < -0.3 is 9.84 Å². The Labute approximate surface area is 90.0 Å². The number of carboxylic acid groups (broad SMARTS) is 1. The molecule has 0 aromatic carbocycles. The van der Waals surface area contributed by atoms with Crippen LogP contribution in [-0.2, 0) is 9.53 Å². The van der Waals surface area contributed by atoms with Crippen molar-refractivity contribution in [2.45, 2.75) is 63.3 Å². The van der Waals surface area contributed by atoms with E-state index in [1.807, 2.05) is 6.92 Å². The number of ether oxygens (including phenoxy) is 1. The average Bonchev–Trinajstić information content (AvgIpc) is 2.78. The minimum atomic E-state index is -0.736. The molecule has 2 fully saturated rings. The third-order valence-electron chi connectivity index (χ3n) is 3.40. The van der Waals surface area contributed by atoms with Gasteiger partial charge in [-0.2, -0.15) is 0 Å². The molecule has 2 aliphatic rings. The van der Waals surface area contributed by atoms with Crippen LogP contribution in [0.2, 0.25) is 0 Å². The molecule has 0 amide bonds. The average molecular weight is 213 g/mol. The zero-order valence-corrected chi connectivity index (χ0v) is 9.11. The topological polar surface area (TPSA) is 58.6 Å². The first-order valence-electron chi connectivity index (χ1n) is 5.85. The SMILES string of the molecule is CCCC(NC1CC2CCC1O2)C(=O)O.